The summed E-state index contributed by atoms with van der Waals surface area (Å²) in [5.41, 5.74) is 3.83. The third kappa shape index (κ3) is 5.04. The van der Waals surface area contributed by atoms with Gasteiger partial charge in [-0.25, -0.2) is 9.97 Å². The van der Waals surface area contributed by atoms with Crippen molar-refractivity contribution in [2.24, 2.45) is 5.92 Å². The third-order valence-electron chi connectivity index (χ3n) is 5.51. The summed E-state index contributed by atoms with van der Waals surface area (Å²) in [4.78, 5) is 32.8. The molecular weight excluding hydrogens is 404 g/mol. The molecule has 1 fully saturated rings. The monoisotopic (exact) mass is 432 g/mol. The van der Waals surface area contributed by atoms with Crippen LogP contribution in [0.4, 0.5) is 5.82 Å². The molecule has 0 radical (unpaired) electrons. The van der Waals surface area contributed by atoms with Crippen molar-refractivity contribution in [3.05, 3.63) is 65.5 Å². The Hall–Kier alpha value is -3.48. The lowest BCUT2D eigenvalue weighted by atomic mass is 9.94. The molecule has 1 aromatic carbocycles. The summed E-state index contributed by atoms with van der Waals surface area (Å²) in [5, 5.41) is 5.76. The first-order valence-corrected chi connectivity index (χ1v) is 10.8. The van der Waals surface area contributed by atoms with Crippen molar-refractivity contribution in [1.29, 1.82) is 0 Å². The minimum atomic E-state index is -0.339. The minimum Gasteiger partial charge on any atom is -0.437 e. The van der Waals surface area contributed by atoms with E-state index in [1.54, 1.807) is 12.4 Å². The van der Waals surface area contributed by atoms with Gasteiger partial charge in [0.05, 0.1) is 6.20 Å². The van der Waals surface area contributed by atoms with Crippen LogP contribution in [-0.2, 0) is 16.8 Å². The average molecular weight is 433 g/mol. The number of oxazole rings is 1. The molecule has 1 aliphatic rings. The molecule has 0 saturated heterocycles. The van der Waals surface area contributed by atoms with E-state index >= 15 is 0 Å². The molecule has 0 unspecified atom stereocenters. The third-order valence-corrected chi connectivity index (χ3v) is 5.51. The van der Waals surface area contributed by atoms with Crippen molar-refractivity contribution in [2.75, 3.05) is 5.32 Å². The fourth-order valence-corrected chi connectivity index (χ4v) is 3.30. The van der Waals surface area contributed by atoms with E-state index in [2.05, 4.69) is 26.7 Å². The molecule has 0 aliphatic heterocycles. The van der Waals surface area contributed by atoms with E-state index in [0.29, 0.717) is 18.1 Å². The summed E-state index contributed by atoms with van der Waals surface area (Å²) >= 11 is 0. The van der Waals surface area contributed by atoms with E-state index in [1.165, 1.54) is 0 Å². The maximum absolute atomic E-state index is 12.4. The van der Waals surface area contributed by atoms with Crippen molar-refractivity contribution in [2.45, 2.75) is 52.5 Å². The van der Waals surface area contributed by atoms with E-state index in [-0.39, 0.29) is 29.0 Å². The molecule has 0 atom stereocenters. The second-order valence-electron chi connectivity index (χ2n) is 9.30. The number of nitrogens with one attached hydrogen (secondary N) is 2. The highest BCUT2D eigenvalue weighted by atomic mass is 16.4. The summed E-state index contributed by atoms with van der Waals surface area (Å²) < 4.78 is 5.60. The highest BCUT2D eigenvalue weighted by Crippen LogP contribution is 2.30. The SMILES string of the molecule is Cc1cc(-c2ccnc(NC(=O)C3CC3)c2)ccc1CNC(=O)c1ncc(C(C)(C)C)o1. The Kier molecular flexibility index (Phi) is 5.82. The number of hydrogen-bond acceptors (Lipinski definition) is 5. The van der Waals surface area contributed by atoms with Gasteiger partial charge in [0.15, 0.2) is 0 Å². The molecule has 7 nitrogen and oxygen atoms in total. The zero-order chi connectivity index (χ0) is 22.9. The number of nitrogens with zero attached hydrogens (tertiary/aromatic N) is 2. The van der Waals surface area contributed by atoms with Crippen molar-refractivity contribution in [3.8, 4) is 11.1 Å². The number of carbonyl (C=O) groups is 2. The number of benzene rings is 1. The summed E-state index contributed by atoms with van der Waals surface area (Å²) in [6.45, 7) is 8.40. The Morgan fingerprint density at radius 1 is 1.09 bits per heavy atom. The Labute approximate surface area is 187 Å². The first kappa shape index (κ1) is 21.7. The van der Waals surface area contributed by atoms with Crippen LogP contribution < -0.4 is 10.6 Å². The molecule has 166 valence electrons. The van der Waals surface area contributed by atoms with Crippen molar-refractivity contribution in [3.63, 3.8) is 0 Å². The van der Waals surface area contributed by atoms with E-state index < -0.39 is 0 Å². The number of rotatable bonds is 6. The van der Waals surface area contributed by atoms with Gasteiger partial charge in [0.1, 0.15) is 11.6 Å². The lowest BCUT2D eigenvalue weighted by Gasteiger charge is -2.13. The van der Waals surface area contributed by atoms with Crippen molar-refractivity contribution in [1.82, 2.24) is 15.3 Å². The Morgan fingerprint density at radius 3 is 2.50 bits per heavy atom. The van der Waals surface area contributed by atoms with E-state index in [0.717, 1.165) is 35.1 Å². The van der Waals surface area contributed by atoms with Gasteiger partial charge in [0.25, 0.3) is 5.89 Å². The molecule has 2 heterocycles. The quantitative estimate of drug-likeness (QED) is 0.592. The number of aromatic nitrogens is 2. The maximum Gasteiger partial charge on any atom is 0.307 e. The zero-order valence-corrected chi connectivity index (χ0v) is 18.9. The number of amides is 2. The van der Waals surface area contributed by atoms with Crippen LogP contribution >= 0.6 is 0 Å². The minimum absolute atomic E-state index is 0.0394. The van der Waals surface area contributed by atoms with E-state index in [9.17, 15) is 9.59 Å². The van der Waals surface area contributed by atoms with Gasteiger partial charge < -0.3 is 15.1 Å². The van der Waals surface area contributed by atoms with E-state index in [1.807, 2.05) is 52.0 Å². The molecule has 1 aliphatic carbocycles. The van der Waals surface area contributed by atoms with Gasteiger partial charge in [-0.1, -0.05) is 39.0 Å². The van der Waals surface area contributed by atoms with Crippen LogP contribution in [0.25, 0.3) is 11.1 Å². The van der Waals surface area contributed by atoms with Crippen LogP contribution in [0.1, 0.15) is 61.2 Å². The predicted octanol–water partition coefficient (Wildman–Crippen LogP) is 4.62. The second-order valence-corrected chi connectivity index (χ2v) is 9.30. The Morgan fingerprint density at radius 2 is 1.84 bits per heavy atom. The first-order chi connectivity index (χ1) is 15.2. The van der Waals surface area contributed by atoms with Gasteiger partial charge in [0.2, 0.25) is 5.91 Å². The molecule has 2 amide bonds. The topological polar surface area (TPSA) is 97.1 Å². The number of carbonyl (C=O) groups excluding carboxylic acids is 2. The van der Waals surface area contributed by atoms with E-state index in [4.69, 9.17) is 4.42 Å². The van der Waals surface area contributed by atoms with Crippen LogP contribution in [0.2, 0.25) is 0 Å². The lowest BCUT2D eigenvalue weighted by molar-refractivity contribution is -0.117. The number of aryl methyl sites for hydroxylation is 1. The fraction of sp³-hybridized carbons (Fsp3) is 0.360. The summed E-state index contributed by atoms with van der Waals surface area (Å²) in [7, 11) is 0. The number of pyridine rings is 1. The van der Waals surface area contributed by atoms with Gasteiger partial charge in [0, 0.05) is 24.1 Å². The maximum atomic E-state index is 12.4. The highest BCUT2D eigenvalue weighted by Gasteiger charge is 2.29. The average Bonchev–Trinajstić information content (AvgIpc) is 3.48. The molecular formula is C25H28N4O3. The molecule has 0 spiro atoms. The number of hydrogen-bond donors (Lipinski definition) is 2. The molecule has 2 aromatic heterocycles. The standard InChI is InChI=1S/C25H28N4O3/c1-15-11-17(18-9-10-26-21(12-18)29-22(30)16-5-6-16)7-8-19(15)13-27-23(31)24-28-14-20(32-24)25(2,3)4/h7-12,14,16H,5-6,13H2,1-4H3,(H,27,31)(H,26,29,30). The van der Waals surface area contributed by atoms with Gasteiger partial charge in [-0.2, -0.15) is 0 Å². The van der Waals surface area contributed by atoms with Crippen molar-refractivity contribution >= 4 is 17.6 Å². The molecule has 4 rings (SSSR count). The second kappa shape index (κ2) is 8.57. The molecule has 7 heteroatoms. The first-order valence-electron chi connectivity index (χ1n) is 10.8. The van der Waals surface area contributed by atoms with Gasteiger partial charge in [-0.15, -0.1) is 0 Å². The summed E-state index contributed by atoms with van der Waals surface area (Å²) in [6, 6.07) is 9.85. The molecule has 1 saturated carbocycles. The smallest absolute Gasteiger partial charge is 0.307 e. The Bertz CT molecular complexity index is 1160. The van der Waals surface area contributed by atoms with Gasteiger partial charge in [-0.05, 0) is 54.2 Å². The normalized spacial score (nSPS) is 13.6. The van der Waals surface area contributed by atoms with Gasteiger partial charge in [-0.3, -0.25) is 9.59 Å². The largest absolute Gasteiger partial charge is 0.437 e. The molecule has 0 bridgehead atoms. The predicted molar refractivity (Wildman–Crippen MR) is 122 cm³/mol. The lowest BCUT2D eigenvalue weighted by Crippen LogP contribution is -2.23. The summed E-state index contributed by atoms with van der Waals surface area (Å²) in [6.07, 6.45) is 5.21. The van der Waals surface area contributed by atoms with Crippen LogP contribution in [0.5, 0.6) is 0 Å². The van der Waals surface area contributed by atoms with Crippen LogP contribution in [0, 0.1) is 12.8 Å². The van der Waals surface area contributed by atoms with Crippen LogP contribution in [-0.4, -0.2) is 21.8 Å². The Balaban J connectivity index is 1.41. The van der Waals surface area contributed by atoms with Crippen LogP contribution in [0.3, 0.4) is 0 Å². The van der Waals surface area contributed by atoms with Crippen LogP contribution in [0.15, 0.2) is 47.1 Å². The summed E-state index contributed by atoms with van der Waals surface area (Å²) in [5.74, 6) is 1.14. The molecule has 2 N–H and O–H groups in total. The number of anilines is 1. The zero-order valence-electron chi connectivity index (χ0n) is 18.9. The molecule has 32 heavy (non-hydrogen) atoms. The molecule has 3 aromatic rings. The van der Waals surface area contributed by atoms with Crippen molar-refractivity contribution < 1.29 is 14.0 Å². The highest BCUT2D eigenvalue weighted by molar-refractivity contribution is 5.93. The van der Waals surface area contributed by atoms with Gasteiger partial charge >= 0.3 is 5.91 Å². The fourth-order valence-electron chi connectivity index (χ4n) is 3.30.